The Labute approximate surface area is 211 Å². The molecule has 4 aromatic rings. The summed E-state index contributed by atoms with van der Waals surface area (Å²) in [6.07, 6.45) is 7.22. The van der Waals surface area contributed by atoms with Crippen molar-refractivity contribution in [3.05, 3.63) is 84.9 Å². The van der Waals surface area contributed by atoms with Gasteiger partial charge in [-0.05, 0) is 84.3 Å². The van der Waals surface area contributed by atoms with Crippen molar-refractivity contribution in [2.75, 3.05) is 24.7 Å². The summed E-state index contributed by atoms with van der Waals surface area (Å²) in [5.41, 5.74) is 0. The first kappa shape index (κ1) is 24.8. The average Bonchev–Trinajstić information content (AvgIpc) is 2.88. The van der Waals surface area contributed by atoms with Gasteiger partial charge in [0.15, 0.2) is 0 Å². The van der Waals surface area contributed by atoms with Gasteiger partial charge in [0.25, 0.3) is 0 Å². The van der Waals surface area contributed by atoms with Gasteiger partial charge in [0.05, 0.1) is 13.2 Å². The second-order valence-corrected chi connectivity index (χ2v) is 11.2. The lowest BCUT2D eigenvalue weighted by Gasteiger charge is -2.08. The van der Waals surface area contributed by atoms with Gasteiger partial charge in [-0.1, -0.05) is 82.3 Å². The molecule has 2 nitrogen and oxygen atoms in total. The van der Waals surface area contributed by atoms with E-state index in [9.17, 15) is 0 Å². The fraction of sp³-hybridized carbons (Fsp3) is 0.333. The van der Waals surface area contributed by atoms with Crippen molar-refractivity contribution in [1.29, 1.82) is 0 Å². The van der Waals surface area contributed by atoms with Gasteiger partial charge in [0.2, 0.25) is 0 Å². The first-order valence-corrected chi connectivity index (χ1v) is 14.8. The summed E-state index contributed by atoms with van der Waals surface area (Å²) >= 11 is 0. The van der Waals surface area contributed by atoms with E-state index in [1.54, 1.807) is 0 Å². The first-order valence-electron chi connectivity index (χ1n) is 12.4. The predicted molar refractivity (Wildman–Crippen MR) is 152 cm³/mol. The molecule has 4 aromatic carbocycles. The Balaban J connectivity index is 0.946. The van der Waals surface area contributed by atoms with Crippen LogP contribution in [0.15, 0.2) is 84.9 Å². The molecule has 0 aliphatic heterocycles. The van der Waals surface area contributed by atoms with Crippen LogP contribution in [0.2, 0.25) is 0 Å². The summed E-state index contributed by atoms with van der Waals surface area (Å²) in [6, 6.07) is 29.5. The van der Waals surface area contributed by atoms with Crippen LogP contribution in [0.3, 0.4) is 0 Å². The smallest absolute Gasteiger partial charge is 0.119 e. The zero-order valence-electron chi connectivity index (χ0n) is 19.8. The minimum Gasteiger partial charge on any atom is -0.494 e. The molecule has 0 aliphatic carbocycles. The van der Waals surface area contributed by atoms with Crippen LogP contribution in [0.5, 0.6) is 11.5 Å². The fourth-order valence-electron chi connectivity index (χ4n) is 3.89. The third-order valence-corrected chi connectivity index (χ3v) is 8.38. The van der Waals surface area contributed by atoms with Gasteiger partial charge < -0.3 is 9.47 Å². The molecule has 178 valence electrons. The summed E-state index contributed by atoms with van der Waals surface area (Å²) in [5.74, 6) is 4.41. The van der Waals surface area contributed by atoms with E-state index in [2.05, 4.69) is 84.9 Å². The van der Waals surface area contributed by atoms with Crippen molar-refractivity contribution in [2.45, 2.75) is 38.5 Å². The lowest BCUT2D eigenvalue weighted by atomic mass is 10.1. The molecule has 0 N–H and O–H groups in total. The fourth-order valence-corrected chi connectivity index (χ4v) is 6.19. The zero-order valence-corrected chi connectivity index (χ0v) is 21.4. The summed E-state index contributed by atoms with van der Waals surface area (Å²) in [5, 5.41) is 5.01. The standard InChI is InChI=1S/C30H34O2S2/c1(7-19-31-29-17-15-25-11-3-5-13-27(25)23-29)9-21-33-34-22-10-2-8-20-32-30-18-16-26-12-4-6-14-28(26)24-30/h3-6,11-18,23-24H,1-2,7-10,19-22H2. The Hall–Kier alpha value is -2.30. The highest BCUT2D eigenvalue weighted by Gasteiger charge is 1.99. The van der Waals surface area contributed by atoms with Gasteiger partial charge >= 0.3 is 0 Å². The SMILES string of the molecule is c1ccc2cc(OCCCCCSSCCCCCOc3ccc4ccccc4c3)ccc2c1. The molecule has 4 rings (SSSR count). The molecular weight excluding hydrogens is 456 g/mol. The van der Waals surface area contributed by atoms with Gasteiger partial charge in [-0.3, -0.25) is 0 Å². The Kier molecular flexibility index (Phi) is 10.3. The highest BCUT2D eigenvalue weighted by Crippen LogP contribution is 2.25. The van der Waals surface area contributed by atoms with Crippen molar-refractivity contribution in [2.24, 2.45) is 0 Å². The van der Waals surface area contributed by atoms with Gasteiger partial charge in [0, 0.05) is 11.5 Å². The highest BCUT2D eigenvalue weighted by atomic mass is 33.1. The molecule has 4 heteroatoms. The van der Waals surface area contributed by atoms with Crippen molar-refractivity contribution in [1.82, 2.24) is 0 Å². The van der Waals surface area contributed by atoms with Crippen molar-refractivity contribution in [3.8, 4) is 11.5 Å². The van der Waals surface area contributed by atoms with Crippen LogP contribution in [0, 0.1) is 0 Å². The van der Waals surface area contributed by atoms with Gasteiger partial charge in [-0.2, -0.15) is 0 Å². The first-order chi connectivity index (χ1) is 16.9. The van der Waals surface area contributed by atoms with E-state index in [-0.39, 0.29) is 0 Å². The minimum atomic E-state index is 0.803. The van der Waals surface area contributed by atoms with E-state index in [0.29, 0.717) is 0 Å². The van der Waals surface area contributed by atoms with Crippen LogP contribution in [0.25, 0.3) is 21.5 Å². The average molecular weight is 491 g/mol. The molecule has 0 bridgehead atoms. The number of hydrogen-bond acceptors (Lipinski definition) is 4. The van der Waals surface area contributed by atoms with E-state index in [0.717, 1.165) is 37.6 Å². The lowest BCUT2D eigenvalue weighted by Crippen LogP contribution is -1.97. The van der Waals surface area contributed by atoms with Crippen LogP contribution in [-0.4, -0.2) is 24.7 Å². The number of ether oxygens (including phenoxy) is 2. The van der Waals surface area contributed by atoms with E-state index in [1.807, 2.05) is 21.6 Å². The molecule has 0 unspecified atom stereocenters. The maximum absolute atomic E-state index is 5.93. The van der Waals surface area contributed by atoms with Gasteiger partial charge in [-0.25, -0.2) is 0 Å². The maximum Gasteiger partial charge on any atom is 0.119 e. The lowest BCUT2D eigenvalue weighted by molar-refractivity contribution is 0.306. The van der Waals surface area contributed by atoms with E-state index in [1.165, 1.54) is 58.7 Å². The third-order valence-electron chi connectivity index (χ3n) is 5.81. The number of benzene rings is 4. The summed E-state index contributed by atoms with van der Waals surface area (Å²) in [7, 11) is 4.03. The number of hydrogen-bond donors (Lipinski definition) is 0. The van der Waals surface area contributed by atoms with Crippen LogP contribution < -0.4 is 9.47 Å². The molecule has 0 saturated heterocycles. The maximum atomic E-state index is 5.93. The minimum absolute atomic E-state index is 0.803. The molecule has 0 amide bonds. The number of unbranched alkanes of at least 4 members (excludes halogenated alkanes) is 4. The Morgan fingerprint density at radius 2 is 0.882 bits per heavy atom. The molecule has 0 spiro atoms. The number of fused-ring (bicyclic) bond motifs is 2. The van der Waals surface area contributed by atoms with Gasteiger partial charge in [0.1, 0.15) is 11.5 Å². The van der Waals surface area contributed by atoms with Crippen LogP contribution in [0.1, 0.15) is 38.5 Å². The molecule has 34 heavy (non-hydrogen) atoms. The van der Waals surface area contributed by atoms with E-state index >= 15 is 0 Å². The highest BCUT2D eigenvalue weighted by molar-refractivity contribution is 8.76. The molecular formula is C30H34O2S2. The summed E-state index contributed by atoms with van der Waals surface area (Å²) < 4.78 is 11.9. The molecule has 0 aliphatic rings. The van der Waals surface area contributed by atoms with Crippen LogP contribution >= 0.6 is 21.6 Å². The largest absolute Gasteiger partial charge is 0.494 e. The molecule has 0 saturated carbocycles. The van der Waals surface area contributed by atoms with Gasteiger partial charge in [-0.15, -0.1) is 0 Å². The normalized spacial score (nSPS) is 11.2. The zero-order chi connectivity index (χ0) is 23.3. The molecule has 0 atom stereocenters. The Bertz CT molecular complexity index is 1050. The monoisotopic (exact) mass is 490 g/mol. The second-order valence-electron chi connectivity index (χ2n) is 8.48. The van der Waals surface area contributed by atoms with E-state index in [4.69, 9.17) is 9.47 Å². The third kappa shape index (κ3) is 8.18. The molecule has 0 aromatic heterocycles. The Morgan fingerprint density at radius 3 is 1.35 bits per heavy atom. The summed E-state index contributed by atoms with van der Waals surface area (Å²) in [4.78, 5) is 0. The second kappa shape index (κ2) is 14.2. The predicted octanol–water partition coefficient (Wildman–Crippen LogP) is 9.17. The van der Waals surface area contributed by atoms with E-state index < -0.39 is 0 Å². The van der Waals surface area contributed by atoms with Crippen molar-refractivity contribution in [3.63, 3.8) is 0 Å². The molecule has 0 heterocycles. The quantitative estimate of drug-likeness (QED) is 0.122. The summed E-state index contributed by atoms with van der Waals surface area (Å²) in [6.45, 7) is 1.61. The topological polar surface area (TPSA) is 18.5 Å². The van der Waals surface area contributed by atoms with Crippen LogP contribution in [0.4, 0.5) is 0 Å². The van der Waals surface area contributed by atoms with Crippen molar-refractivity contribution >= 4 is 43.1 Å². The van der Waals surface area contributed by atoms with Crippen LogP contribution in [-0.2, 0) is 0 Å². The number of rotatable bonds is 15. The molecule has 0 radical (unpaired) electrons. The van der Waals surface area contributed by atoms with Crippen molar-refractivity contribution < 1.29 is 9.47 Å². The Morgan fingerprint density at radius 1 is 0.441 bits per heavy atom. The molecule has 0 fully saturated rings.